The summed E-state index contributed by atoms with van der Waals surface area (Å²) in [6.45, 7) is 4.46. The molecule has 2 aromatic carbocycles. The molecule has 27 heavy (non-hydrogen) atoms. The third-order valence-electron chi connectivity index (χ3n) is 4.56. The quantitative estimate of drug-likeness (QED) is 0.745. The Kier molecular flexibility index (Phi) is 6.34. The van der Waals surface area contributed by atoms with E-state index in [0.29, 0.717) is 28.9 Å². The van der Waals surface area contributed by atoms with E-state index in [1.807, 2.05) is 29.2 Å². The van der Waals surface area contributed by atoms with Crippen molar-refractivity contribution < 1.29 is 14.3 Å². The van der Waals surface area contributed by atoms with Crippen LogP contribution in [0.5, 0.6) is 11.5 Å². The van der Waals surface area contributed by atoms with E-state index in [-0.39, 0.29) is 5.91 Å². The van der Waals surface area contributed by atoms with Crippen molar-refractivity contribution in [3.63, 3.8) is 0 Å². The fourth-order valence-corrected chi connectivity index (χ4v) is 3.58. The maximum atomic E-state index is 12.7. The number of carbonyl (C=O) groups is 1. The Morgan fingerprint density at radius 2 is 1.74 bits per heavy atom. The lowest BCUT2D eigenvalue weighted by molar-refractivity contribution is -0.138. The summed E-state index contributed by atoms with van der Waals surface area (Å²) in [6, 6.07) is 12.9. The van der Waals surface area contributed by atoms with Crippen molar-refractivity contribution in [1.82, 2.24) is 4.90 Å². The fraction of sp³-hybridized carbons (Fsp3) is 0.350. The number of halogens is 2. The second kappa shape index (κ2) is 8.72. The topological polar surface area (TPSA) is 42.0 Å². The normalized spacial score (nSPS) is 15.4. The van der Waals surface area contributed by atoms with Gasteiger partial charge in [-0.1, -0.05) is 35.3 Å². The summed E-state index contributed by atoms with van der Waals surface area (Å²) in [6.07, 6.45) is -0.624. The van der Waals surface area contributed by atoms with E-state index >= 15 is 0 Å². The zero-order valence-corrected chi connectivity index (χ0v) is 16.8. The van der Waals surface area contributed by atoms with Gasteiger partial charge >= 0.3 is 0 Å². The van der Waals surface area contributed by atoms with Crippen molar-refractivity contribution in [2.24, 2.45) is 0 Å². The molecule has 1 atom stereocenters. The smallest absolute Gasteiger partial charge is 0.263 e. The molecule has 0 aliphatic carbocycles. The van der Waals surface area contributed by atoms with Crippen LogP contribution in [0.2, 0.25) is 10.0 Å². The van der Waals surface area contributed by atoms with E-state index in [2.05, 4.69) is 4.90 Å². The summed E-state index contributed by atoms with van der Waals surface area (Å²) >= 11 is 12.0. The number of hydrogen-bond acceptors (Lipinski definition) is 4. The highest BCUT2D eigenvalue weighted by atomic mass is 35.5. The molecule has 1 saturated heterocycles. The fourth-order valence-electron chi connectivity index (χ4n) is 3.13. The highest BCUT2D eigenvalue weighted by Crippen LogP contribution is 2.30. The predicted molar refractivity (Wildman–Crippen MR) is 108 cm³/mol. The second-order valence-corrected chi connectivity index (χ2v) is 7.16. The van der Waals surface area contributed by atoms with Gasteiger partial charge in [-0.3, -0.25) is 4.79 Å². The van der Waals surface area contributed by atoms with Crippen molar-refractivity contribution in [3.8, 4) is 11.5 Å². The van der Waals surface area contributed by atoms with E-state index in [1.165, 1.54) is 0 Å². The number of amides is 1. The van der Waals surface area contributed by atoms with Gasteiger partial charge in [0.2, 0.25) is 0 Å². The highest BCUT2D eigenvalue weighted by molar-refractivity contribution is 6.35. The van der Waals surface area contributed by atoms with E-state index in [0.717, 1.165) is 24.5 Å². The number of anilines is 1. The average molecular weight is 409 g/mol. The number of benzene rings is 2. The summed E-state index contributed by atoms with van der Waals surface area (Å²) in [5, 5.41) is 0.918. The van der Waals surface area contributed by atoms with Gasteiger partial charge in [0, 0.05) is 31.2 Å². The Labute approximate surface area is 169 Å². The van der Waals surface area contributed by atoms with Gasteiger partial charge in [0.1, 0.15) is 11.5 Å². The molecule has 3 rings (SSSR count). The minimum atomic E-state index is -0.624. The molecule has 7 heteroatoms. The Morgan fingerprint density at radius 1 is 1.04 bits per heavy atom. The Bertz CT molecular complexity index is 808. The van der Waals surface area contributed by atoms with Gasteiger partial charge in [-0.25, -0.2) is 0 Å². The van der Waals surface area contributed by atoms with Gasteiger partial charge in [0.05, 0.1) is 17.8 Å². The molecule has 1 heterocycles. The minimum absolute atomic E-state index is 0.0549. The standard InChI is InChI=1S/C20H22Cl2N2O3/c1-14(27-18-8-7-15(21)13-16(18)22)20(25)24-11-9-23(10-12-24)17-5-3-4-6-19(17)26-2/h3-8,13-14H,9-12H2,1-2H3. The first-order valence-electron chi connectivity index (χ1n) is 8.78. The molecule has 0 N–H and O–H groups in total. The number of methoxy groups -OCH3 is 1. The number of hydrogen-bond donors (Lipinski definition) is 0. The number of rotatable bonds is 5. The SMILES string of the molecule is COc1ccccc1N1CCN(C(=O)C(C)Oc2ccc(Cl)cc2Cl)CC1. The van der Waals surface area contributed by atoms with Gasteiger partial charge in [-0.05, 0) is 37.3 Å². The van der Waals surface area contributed by atoms with Crippen LogP contribution in [0.1, 0.15) is 6.92 Å². The molecule has 0 aromatic heterocycles. The molecule has 144 valence electrons. The lowest BCUT2D eigenvalue weighted by atomic mass is 10.2. The Morgan fingerprint density at radius 3 is 2.41 bits per heavy atom. The first kappa shape index (κ1) is 19.6. The van der Waals surface area contributed by atoms with Gasteiger partial charge in [-0.2, -0.15) is 0 Å². The second-order valence-electron chi connectivity index (χ2n) is 6.32. The predicted octanol–water partition coefficient (Wildman–Crippen LogP) is 4.12. The minimum Gasteiger partial charge on any atom is -0.495 e. The highest BCUT2D eigenvalue weighted by Gasteiger charge is 2.27. The zero-order chi connectivity index (χ0) is 19.4. The van der Waals surface area contributed by atoms with Crippen molar-refractivity contribution in [2.45, 2.75) is 13.0 Å². The van der Waals surface area contributed by atoms with Crippen LogP contribution in [0.4, 0.5) is 5.69 Å². The summed E-state index contributed by atoms with van der Waals surface area (Å²) in [5.74, 6) is 1.24. The van der Waals surface area contributed by atoms with Gasteiger partial charge in [0.25, 0.3) is 5.91 Å². The molecule has 1 unspecified atom stereocenters. The summed E-state index contributed by atoms with van der Waals surface area (Å²) in [5.41, 5.74) is 1.05. The molecule has 0 radical (unpaired) electrons. The molecule has 1 aliphatic rings. The molecule has 0 spiro atoms. The number of piperazine rings is 1. The lowest BCUT2D eigenvalue weighted by Gasteiger charge is -2.37. The van der Waals surface area contributed by atoms with Crippen LogP contribution in [0, 0.1) is 0 Å². The van der Waals surface area contributed by atoms with Gasteiger partial charge in [0.15, 0.2) is 6.10 Å². The molecule has 2 aromatic rings. The average Bonchev–Trinajstić information content (AvgIpc) is 2.69. The van der Waals surface area contributed by atoms with Crippen LogP contribution >= 0.6 is 23.2 Å². The van der Waals surface area contributed by atoms with Crippen molar-refractivity contribution in [2.75, 3.05) is 38.2 Å². The molecule has 5 nitrogen and oxygen atoms in total. The van der Waals surface area contributed by atoms with Crippen LogP contribution in [-0.4, -0.2) is 50.2 Å². The molecular formula is C20H22Cl2N2O3. The number of nitrogens with zero attached hydrogens (tertiary/aromatic N) is 2. The first-order chi connectivity index (χ1) is 13.0. The van der Waals surface area contributed by atoms with Crippen LogP contribution in [0.25, 0.3) is 0 Å². The monoisotopic (exact) mass is 408 g/mol. The van der Waals surface area contributed by atoms with Crippen molar-refractivity contribution >= 4 is 34.8 Å². The molecule has 0 saturated carbocycles. The van der Waals surface area contributed by atoms with Gasteiger partial charge < -0.3 is 19.3 Å². The molecule has 1 fully saturated rings. The van der Waals surface area contributed by atoms with Gasteiger partial charge in [-0.15, -0.1) is 0 Å². The molecule has 1 amide bonds. The van der Waals surface area contributed by atoms with Crippen LogP contribution in [0.3, 0.4) is 0 Å². The first-order valence-corrected chi connectivity index (χ1v) is 9.53. The third kappa shape index (κ3) is 4.60. The molecular weight excluding hydrogens is 387 g/mol. The van der Waals surface area contributed by atoms with Crippen LogP contribution in [0.15, 0.2) is 42.5 Å². The maximum absolute atomic E-state index is 12.7. The number of carbonyl (C=O) groups excluding carboxylic acids is 1. The van der Waals surface area contributed by atoms with E-state index < -0.39 is 6.10 Å². The Hall–Kier alpha value is -2.11. The Balaban J connectivity index is 1.59. The van der Waals surface area contributed by atoms with Crippen LogP contribution < -0.4 is 14.4 Å². The summed E-state index contributed by atoms with van der Waals surface area (Å²) in [7, 11) is 1.67. The van der Waals surface area contributed by atoms with E-state index in [1.54, 1.807) is 32.2 Å². The zero-order valence-electron chi connectivity index (χ0n) is 15.3. The van der Waals surface area contributed by atoms with E-state index in [9.17, 15) is 4.79 Å². The summed E-state index contributed by atoms with van der Waals surface area (Å²) in [4.78, 5) is 16.8. The number of para-hydroxylation sites is 2. The maximum Gasteiger partial charge on any atom is 0.263 e. The summed E-state index contributed by atoms with van der Waals surface area (Å²) < 4.78 is 11.2. The third-order valence-corrected chi connectivity index (χ3v) is 5.09. The molecule has 0 bridgehead atoms. The van der Waals surface area contributed by atoms with E-state index in [4.69, 9.17) is 32.7 Å². The molecule has 1 aliphatic heterocycles. The van der Waals surface area contributed by atoms with Crippen LogP contribution in [-0.2, 0) is 4.79 Å². The lowest BCUT2D eigenvalue weighted by Crippen LogP contribution is -2.52. The van der Waals surface area contributed by atoms with Crippen molar-refractivity contribution in [1.29, 1.82) is 0 Å². The largest absolute Gasteiger partial charge is 0.495 e. The number of ether oxygens (including phenoxy) is 2. The van der Waals surface area contributed by atoms with Crippen molar-refractivity contribution in [3.05, 3.63) is 52.5 Å².